The molecule has 0 saturated heterocycles. The zero-order valence-corrected chi connectivity index (χ0v) is 12.3. The van der Waals surface area contributed by atoms with Crippen LogP contribution < -0.4 is 0 Å². The fourth-order valence-electron chi connectivity index (χ4n) is 1.73. The molecule has 2 N–H and O–H groups in total. The summed E-state index contributed by atoms with van der Waals surface area (Å²) in [4.78, 5) is 21.3. The Kier molecular flexibility index (Phi) is 9.53. The lowest BCUT2D eigenvalue weighted by molar-refractivity contribution is -0.148. The van der Waals surface area contributed by atoms with Crippen molar-refractivity contribution in [2.24, 2.45) is 5.92 Å². The average Bonchev–Trinajstić information content (AvgIpc) is 2.31. The number of aliphatic carboxylic acids is 2. The molecule has 0 aliphatic carbocycles. The molecule has 0 saturated carbocycles. The lowest BCUT2D eigenvalue weighted by Gasteiger charge is -2.13. The monoisotopic (exact) mass is 278 g/mol. The largest absolute Gasteiger partial charge is 0.481 e. The van der Waals surface area contributed by atoms with Crippen LogP contribution in [0.4, 0.5) is 0 Å². The number of unbranched alkanes of at least 4 members (excludes halogenated alkanes) is 1. The summed E-state index contributed by atoms with van der Waals surface area (Å²) in [5, 5.41) is 17.4. The molecule has 0 aromatic carbocycles. The summed E-state index contributed by atoms with van der Waals surface area (Å²) in [6, 6.07) is 1.01. The van der Waals surface area contributed by atoms with Gasteiger partial charge in [0.2, 0.25) is 0 Å². The maximum absolute atomic E-state index is 10.8. The zero-order chi connectivity index (χ0) is 14.0. The highest BCUT2D eigenvalue weighted by Crippen LogP contribution is 2.14. The Bertz CT molecular complexity index is 254. The van der Waals surface area contributed by atoms with Crippen molar-refractivity contribution in [3.05, 3.63) is 0 Å². The van der Waals surface area contributed by atoms with Crippen LogP contribution in [0, 0.1) is 5.92 Å². The van der Waals surface area contributed by atoms with E-state index >= 15 is 0 Å². The van der Waals surface area contributed by atoms with E-state index < -0.39 is 27.4 Å². The molecule has 0 spiro atoms. The van der Waals surface area contributed by atoms with Gasteiger partial charge in [0.05, 0.1) is 21.9 Å². The van der Waals surface area contributed by atoms with Gasteiger partial charge in [-0.05, 0) is 6.42 Å². The lowest BCUT2D eigenvalue weighted by atomic mass is 9.99. The molecule has 0 aromatic heterocycles. The van der Waals surface area contributed by atoms with Crippen molar-refractivity contribution in [1.82, 2.24) is 0 Å². The summed E-state index contributed by atoms with van der Waals surface area (Å²) in [7, 11) is 2.74. The standard InChI is InChI=1S/C11H22O6Si/c1-16-11(17-2)18-6-4-3-5-8(10(14)15)7-9(12)13/h8,11H,3-7,18H2,1-2H3,(H,12,13)(H,14,15). The van der Waals surface area contributed by atoms with Gasteiger partial charge in [-0.3, -0.25) is 9.59 Å². The Morgan fingerprint density at radius 1 is 1.17 bits per heavy atom. The lowest BCUT2D eigenvalue weighted by Crippen LogP contribution is -2.21. The van der Waals surface area contributed by atoms with Gasteiger partial charge in [-0.25, -0.2) is 0 Å². The number of hydrogen-bond donors (Lipinski definition) is 2. The summed E-state index contributed by atoms with van der Waals surface area (Å²) in [6.45, 7) is 0. The number of carboxylic acid groups (broad SMARTS) is 2. The minimum atomic E-state index is -1.06. The number of ether oxygens (including phenoxy) is 2. The fraction of sp³-hybridized carbons (Fsp3) is 0.818. The summed E-state index contributed by atoms with van der Waals surface area (Å²) in [5.41, 5.74) is 0. The Hall–Kier alpha value is -0.923. The van der Waals surface area contributed by atoms with Crippen LogP contribution in [-0.4, -0.2) is 51.8 Å². The van der Waals surface area contributed by atoms with Crippen LogP contribution in [0.3, 0.4) is 0 Å². The number of carboxylic acids is 2. The second kappa shape index (κ2) is 10.0. The predicted octanol–water partition coefficient (Wildman–Crippen LogP) is 0.496. The molecule has 0 rings (SSSR count). The molecule has 1 unspecified atom stereocenters. The van der Waals surface area contributed by atoms with Gasteiger partial charge in [-0.2, -0.15) is 0 Å². The molecule has 0 radical (unpaired) electrons. The van der Waals surface area contributed by atoms with Crippen LogP contribution in [0.1, 0.15) is 25.7 Å². The number of carbonyl (C=O) groups is 2. The molecule has 6 nitrogen and oxygen atoms in total. The van der Waals surface area contributed by atoms with E-state index in [0.29, 0.717) is 6.42 Å². The van der Waals surface area contributed by atoms with Gasteiger partial charge in [0.25, 0.3) is 0 Å². The third-order valence-electron chi connectivity index (χ3n) is 2.79. The van der Waals surface area contributed by atoms with E-state index in [1.807, 2.05) is 0 Å². The summed E-state index contributed by atoms with van der Waals surface area (Å²) >= 11 is 0. The van der Waals surface area contributed by atoms with Crippen LogP contribution in [0.15, 0.2) is 0 Å². The first kappa shape index (κ1) is 17.1. The first-order valence-corrected chi connectivity index (χ1v) is 7.83. The number of methoxy groups -OCH3 is 2. The highest BCUT2D eigenvalue weighted by Gasteiger charge is 2.20. The molecular weight excluding hydrogens is 256 g/mol. The second-order valence-electron chi connectivity index (χ2n) is 4.17. The van der Waals surface area contributed by atoms with Gasteiger partial charge in [0.15, 0.2) is 0 Å². The highest BCUT2D eigenvalue weighted by molar-refractivity contribution is 6.36. The van der Waals surface area contributed by atoms with Crippen molar-refractivity contribution in [1.29, 1.82) is 0 Å². The topological polar surface area (TPSA) is 93.1 Å². The van der Waals surface area contributed by atoms with E-state index in [-0.39, 0.29) is 12.3 Å². The van der Waals surface area contributed by atoms with Crippen molar-refractivity contribution in [2.75, 3.05) is 14.2 Å². The molecule has 0 aliphatic rings. The Labute approximate surface area is 109 Å². The SMILES string of the molecule is COC(OC)[SiH2]CCCCC(CC(=O)O)C(=O)O. The molecular formula is C11H22O6Si. The molecule has 18 heavy (non-hydrogen) atoms. The minimum Gasteiger partial charge on any atom is -0.481 e. The van der Waals surface area contributed by atoms with Gasteiger partial charge in [-0.15, -0.1) is 0 Å². The zero-order valence-electron chi connectivity index (χ0n) is 10.9. The van der Waals surface area contributed by atoms with Crippen LogP contribution in [-0.2, 0) is 19.1 Å². The van der Waals surface area contributed by atoms with Crippen molar-refractivity contribution >= 4 is 21.5 Å². The fourth-order valence-corrected chi connectivity index (χ4v) is 3.18. The van der Waals surface area contributed by atoms with Crippen LogP contribution in [0.25, 0.3) is 0 Å². The molecule has 0 heterocycles. The van der Waals surface area contributed by atoms with Gasteiger partial charge < -0.3 is 19.7 Å². The molecule has 7 heteroatoms. The summed E-state index contributed by atoms with van der Waals surface area (Å²) in [6.07, 6.45) is 1.75. The van der Waals surface area contributed by atoms with Gasteiger partial charge in [0, 0.05) is 14.2 Å². The number of hydrogen-bond acceptors (Lipinski definition) is 4. The Balaban J connectivity index is 3.73. The first-order chi connectivity index (χ1) is 8.51. The maximum Gasteiger partial charge on any atom is 0.307 e. The van der Waals surface area contributed by atoms with Crippen molar-refractivity contribution in [3.8, 4) is 0 Å². The Morgan fingerprint density at radius 3 is 2.22 bits per heavy atom. The normalized spacial score (nSPS) is 13.3. The smallest absolute Gasteiger partial charge is 0.307 e. The summed E-state index contributed by atoms with van der Waals surface area (Å²) < 4.78 is 10.2. The first-order valence-electron chi connectivity index (χ1n) is 6.01. The van der Waals surface area contributed by atoms with E-state index in [9.17, 15) is 9.59 Å². The maximum atomic E-state index is 10.8. The highest BCUT2D eigenvalue weighted by atomic mass is 28.2. The minimum absolute atomic E-state index is 0.0840. The molecule has 0 amide bonds. The van der Waals surface area contributed by atoms with Crippen molar-refractivity contribution < 1.29 is 29.3 Å². The van der Waals surface area contributed by atoms with E-state index in [1.165, 1.54) is 0 Å². The quantitative estimate of drug-likeness (QED) is 0.325. The van der Waals surface area contributed by atoms with E-state index in [2.05, 4.69) is 0 Å². The number of rotatable bonds is 11. The van der Waals surface area contributed by atoms with Crippen LogP contribution in [0.5, 0.6) is 0 Å². The van der Waals surface area contributed by atoms with E-state index in [1.54, 1.807) is 14.2 Å². The second-order valence-corrected chi connectivity index (χ2v) is 6.12. The average molecular weight is 278 g/mol. The summed E-state index contributed by atoms with van der Waals surface area (Å²) in [5.74, 6) is -2.94. The van der Waals surface area contributed by atoms with Crippen LogP contribution >= 0.6 is 0 Å². The third kappa shape index (κ3) is 8.21. The molecule has 1 atom stereocenters. The third-order valence-corrected chi connectivity index (χ3v) is 4.83. The molecule has 0 fully saturated rings. The predicted molar refractivity (Wildman–Crippen MR) is 68.4 cm³/mol. The molecule has 106 valence electrons. The molecule has 0 aromatic rings. The van der Waals surface area contributed by atoms with Gasteiger partial charge in [-0.1, -0.05) is 18.9 Å². The van der Waals surface area contributed by atoms with Crippen LogP contribution in [0.2, 0.25) is 6.04 Å². The van der Waals surface area contributed by atoms with Gasteiger partial charge >= 0.3 is 11.9 Å². The molecule has 0 bridgehead atoms. The van der Waals surface area contributed by atoms with Crippen molar-refractivity contribution in [3.63, 3.8) is 0 Å². The van der Waals surface area contributed by atoms with Crippen molar-refractivity contribution in [2.45, 2.75) is 37.6 Å². The Morgan fingerprint density at radius 2 is 1.78 bits per heavy atom. The molecule has 0 aliphatic heterocycles. The van der Waals surface area contributed by atoms with E-state index in [4.69, 9.17) is 19.7 Å². The van der Waals surface area contributed by atoms with E-state index in [0.717, 1.165) is 18.9 Å². The van der Waals surface area contributed by atoms with Gasteiger partial charge in [0.1, 0.15) is 5.91 Å².